The van der Waals surface area contributed by atoms with E-state index in [1.807, 2.05) is 0 Å². The van der Waals surface area contributed by atoms with Crippen molar-refractivity contribution >= 4 is 11.6 Å². The van der Waals surface area contributed by atoms with Crippen LogP contribution in [0.15, 0.2) is 24.4 Å². The van der Waals surface area contributed by atoms with Crippen molar-refractivity contribution in [2.75, 3.05) is 0 Å². The molecule has 6 heteroatoms. The minimum Gasteiger partial charge on any atom is -0.319 e. The van der Waals surface area contributed by atoms with Gasteiger partial charge < -0.3 is 5.73 Å². The van der Waals surface area contributed by atoms with Gasteiger partial charge in [-0.05, 0) is 17.7 Å². The number of aromatic nitrogens is 3. The van der Waals surface area contributed by atoms with Crippen molar-refractivity contribution in [1.29, 1.82) is 0 Å². The molecule has 0 spiro atoms. The quantitative estimate of drug-likeness (QED) is 0.869. The van der Waals surface area contributed by atoms with Gasteiger partial charge in [0.15, 0.2) is 0 Å². The second-order valence-corrected chi connectivity index (χ2v) is 3.83. The smallest absolute Gasteiger partial charge is 0.124 e. The summed E-state index contributed by atoms with van der Waals surface area (Å²) >= 11 is 5.92. The Hall–Kier alpha value is -1.46. The molecule has 1 unspecified atom stereocenters. The van der Waals surface area contributed by atoms with Crippen LogP contribution in [0.4, 0.5) is 4.39 Å². The Morgan fingerprint density at radius 2 is 2.25 bits per heavy atom. The van der Waals surface area contributed by atoms with Crippen LogP contribution in [0.1, 0.15) is 17.3 Å². The van der Waals surface area contributed by atoms with Crippen molar-refractivity contribution in [1.82, 2.24) is 15.0 Å². The molecule has 16 heavy (non-hydrogen) atoms. The highest BCUT2D eigenvalue weighted by atomic mass is 35.5. The predicted molar refractivity (Wildman–Crippen MR) is 58.4 cm³/mol. The predicted octanol–water partition coefficient (Wildman–Crippen LogP) is 1.66. The Bertz CT molecular complexity index is 511. The molecule has 1 aromatic heterocycles. The fraction of sp³-hybridized carbons (Fsp3) is 0.200. The summed E-state index contributed by atoms with van der Waals surface area (Å²) in [5.74, 6) is -0.385. The summed E-state index contributed by atoms with van der Waals surface area (Å²) in [6.07, 6.45) is 1.56. The number of halogens is 2. The van der Waals surface area contributed by atoms with E-state index in [1.165, 1.54) is 12.1 Å². The van der Waals surface area contributed by atoms with E-state index in [0.29, 0.717) is 16.3 Å². The average Bonchev–Trinajstić information content (AvgIpc) is 2.63. The lowest BCUT2D eigenvalue weighted by Gasteiger charge is -2.13. The number of nitrogens with two attached hydrogens (primary N) is 1. The molecule has 84 valence electrons. The number of hydrogen-bond donors (Lipinski definition) is 1. The molecule has 0 saturated carbocycles. The molecular weight excluding hydrogens is 231 g/mol. The zero-order valence-corrected chi connectivity index (χ0v) is 9.32. The molecule has 0 fully saturated rings. The highest BCUT2D eigenvalue weighted by Gasteiger charge is 2.16. The molecule has 4 nitrogen and oxygen atoms in total. The van der Waals surface area contributed by atoms with Gasteiger partial charge in [0.05, 0.1) is 17.9 Å². The molecule has 2 N–H and O–H groups in total. The fourth-order valence-electron chi connectivity index (χ4n) is 1.49. The van der Waals surface area contributed by atoms with Crippen molar-refractivity contribution in [2.45, 2.75) is 6.04 Å². The summed E-state index contributed by atoms with van der Waals surface area (Å²) in [5, 5.41) is 7.81. The van der Waals surface area contributed by atoms with E-state index in [0.717, 1.165) is 0 Å². The Morgan fingerprint density at radius 3 is 2.81 bits per heavy atom. The van der Waals surface area contributed by atoms with Gasteiger partial charge in [-0.3, -0.25) is 4.68 Å². The first kappa shape index (κ1) is 11.0. The molecule has 0 saturated heterocycles. The van der Waals surface area contributed by atoms with Crippen LogP contribution in [0.3, 0.4) is 0 Å². The van der Waals surface area contributed by atoms with E-state index in [1.54, 1.807) is 24.0 Å². The summed E-state index contributed by atoms with van der Waals surface area (Å²) in [6, 6.07) is 3.66. The van der Waals surface area contributed by atoms with Crippen LogP contribution in [0.25, 0.3) is 0 Å². The average molecular weight is 241 g/mol. The number of aryl methyl sites for hydroxylation is 1. The van der Waals surface area contributed by atoms with Gasteiger partial charge >= 0.3 is 0 Å². The first-order valence-electron chi connectivity index (χ1n) is 4.64. The maximum Gasteiger partial charge on any atom is 0.124 e. The summed E-state index contributed by atoms with van der Waals surface area (Å²) < 4.78 is 14.4. The zero-order chi connectivity index (χ0) is 11.7. The molecule has 1 aromatic carbocycles. The van der Waals surface area contributed by atoms with E-state index in [2.05, 4.69) is 10.3 Å². The standard InChI is InChI=1S/C10H10ClFN4/c1-16-9(5-14-15-16)10(13)7-3-2-6(12)4-8(7)11/h2-5,10H,13H2,1H3. The van der Waals surface area contributed by atoms with Crippen LogP contribution in [0, 0.1) is 5.82 Å². The van der Waals surface area contributed by atoms with E-state index < -0.39 is 6.04 Å². The topological polar surface area (TPSA) is 56.7 Å². The molecule has 2 aromatic rings. The minimum absolute atomic E-state index is 0.300. The molecule has 0 radical (unpaired) electrons. The lowest BCUT2D eigenvalue weighted by atomic mass is 10.1. The molecule has 0 aliphatic heterocycles. The minimum atomic E-state index is -0.465. The van der Waals surface area contributed by atoms with Gasteiger partial charge in [0.25, 0.3) is 0 Å². The highest BCUT2D eigenvalue weighted by molar-refractivity contribution is 6.31. The Balaban J connectivity index is 2.41. The first-order valence-corrected chi connectivity index (χ1v) is 5.02. The second-order valence-electron chi connectivity index (χ2n) is 3.43. The van der Waals surface area contributed by atoms with Crippen molar-refractivity contribution in [2.24, 2.45) is 12.8 Å². The summed E-state index contributed by atoms with van der Waals surface area (Å²) in [5.41, 5.74) is 7.37. The van der Waals surface area contributed by atoms with Crippen molar-refractivity contribution in [3.8, 4) is 0 Å². The highest BCUT2D eigenvalue weighted by Crippen LogP contribution is 2.26. The molecule has 1 heterocycles. The molecule has 0 aliphatic rings. The van der Waals surface area contributed by atoms with Gasteiger partial charge in [0, 0.05) is 12.1 Å². The molecule has 0 bridgehead atoms. The van der Waals surface area contributed by atoms with Gasteiger partial charge in [0.1, 0.15) is 5.82 Å². The second kappa shape index (κ2) is 4.19. The fourth-order valence-corrected chi connectivity index (χ4v) is 1.78. The Labute approximate surface area is 96.8 Å². The molecular formula is C10H10ClFN4. The van der Waals surface area contributed by atoms with Gasteiger partial charge in [-0.1, -0.05) is 22.9 Å². The van der Waals surface area contributed by atoms with Gasteiger partial charge in [-0.25, -0.2) is 4.39 Å². The maximum absolute atomic E-state index is 12.9. The molecule has 2 rings (SSSR count). The van der Waals surface area contributed by atoms with Crippen LogP contribution in [-0.4, -0.2) is 15.0 Å². The number of benzene rings is 1. The van der Waals surface area contributed by atoms with Crippen LogP contribution in [0.2, 0.25) is 5.02 Å². The van der Waals surface area contributed by atoms with E-state index >= 15 is 0 Å². The first-order chi connectivity index (χ1) is 7.59. The summed E-state index contributed by atoms with van der Waals surface area (Å²) in [7, 11) is 1.74. The zero-order valence-electron chi connectivity index (χ0n) is 8.56. The van der Waals surface area contributed by atoms with Gasteiger partial charge in [-0.15, -0.1) is 5.10 Å². The Morgan fingerprint density at radius 1 is 1.50 bits per heavy atom. The molecule has 0 amide bonds. The van der Waals surface area contributed by atoms with Crippen LogP contribution in [0.5, 0.6) is 0 Å². The summed E-state index contributed by atoms with van der Waals surface area (Å²) in [4.78, 5) is 0. The van der Waals surface area contributed by atoms with E-state index in [4.69, 9.17) is 17.3 Å². The third-order valence-corrected chi connectivity index (χ3v) is 2.69. The number of rotatable bonds is 2. The van der Waals surface area contributed by atoms with Crippen LogP contribution < -0.4 is 5.73 Å². The van der Waals surface area contributed by atoms with E-state index in [9.17, 15) is 4.39 Å². The largest absolute Gasteiger partial charge is 0.319 e. The van der Waals surface area contributed by atoms with Crippen molar-refractivity contribution in [3.63, 3.8) is 0 Å². The number of hydrogen-bond acceptors (Lipinski definition) is 3. The van der Waals surface area contributed by atoms with Gasteiger partial charge in [-0.2, -0.15) is 0 Å². The summed E-state index contributed by atoms with van der Waals surface area (Å²) in [6.45, 7) is 0. The third-order valence-electron chi connectivity index (χ3n) is 2.37. The van der Waals surface area contributed by atoms with E-state index in [-0.39, 0.29) is 5.82 Å². The number of nitrogens with zero attached hydrogens (tertiary/aromatic N) is 3. The van der Waals surface area contributed by atoms with Crippen molar-refractivity contribution < 1.29 is 4.39 Å². The monoisotopic (exact) mass is 240 g/mol. The normalized spacial score (nSPS) is 12.8. The Kier molecular flexibility index (Phi) is 2.89. The third kappa shape index (κ3) is 1.91. The van der Waals surface area contributed by atoms with Gasteiger partial charge in [0.2, 0.25) is 0 Å². The lowest BCUT2D eigenvalue weighted by Crippen LogP contribution is -2.16. The molecule has 1 atom stereocenters. The SMILES string of the molecule is Cn1nncc1C(N)c1ccc(F)cc1Cl. The van der Waals surface area contributed by atoms with Crippen molar-refractivity contribution in [3.05, 3.63) is 46.5 Å². The van der Waals surface area contributed by atoms with Crippen LogP contribution in [-0.2, 0) is 7.05 Å². The molecule has 0 aliphatic carbocycles. The maximum atomic E-state index is 12.9. The lowest BCUT2D eigenvalue weighted by molar-refractivity contribution is 0.623. The van der Waals surface area contributed by atoms with Crippen LogP contribution >= 0.6 is 11.6 Å².